The van der Waals surface area contributed by atoms with E-state index in [-0.39, 0.29) is 0 Å². The third-order valence-electron chi connectivity index (χ3n) is 7.41. The Labute approximate surface area is 213 Å². The van der Waals surface area contributed by atoms with E-state index in [4.69, 9.17) is 0 Å². The summed E-state index contributed by atoms with van der Waals surface area (Å²) in [5, 5.41) is 8.60. The lowest BCUT2D eigenvalue weighted by Gasteiger charge is -2.28. The van der Waals surface area contributed by atoms with Gasteiger partial charge in [0.2, 0.25) is 0 Å². The van der Waals surface area contributed by atoms with Gasteiger partial charge in [-0.25, -0.2) is 0 Å². The summed E-state index contributed by atoms with van der Waals surface area (Å²) >= 11 is 0. The van der Waals surface area contributed by atoms with Crippen molar-refractivity contribution in [3.8, 4) is 11.1 Å². The minimum Gasteiger partial charge on any atom is -0.386 e. The van der Waals surface area contributed by atoms with Crippen LogP contribution in [0.5, 0.6) is 0 Å². The Morgan fingerprint density at radius 2 is 1.14 bits per heavy atom. The Morgan fingerprint density at radius 3 is 1.72 bits per heavy atom. The number of benzene rings is 5. The van der Waals surface area contributed by atoms with Crippen molar-refractivity contribution < 1.29 is 0 Å². The number of hydrogen-bond acceptors (Lipinski definition) is 2. The highest BCUT2D eigenvalue weighted by atomic mass is 15.1. The summed E-state index contributed by atoms with van der Waals surface area (Å²) in [6.45, 7) is 0. The number of anilines is 2. The van der Waals surface area contributed by atoms with E-state index < -0.39 is 0 Å². The fourth-order valence-electron chi connectivity index (χ4n) is 5.64. The average Bonchev–Trinajstić information content (AvgIpc) is 2.96. The van der Waals surface area contributed by atoms with E-state index >= 15 is 0 Å². The fourth-order valence-corrected chi connectivity index (χ4v) is 5.64. The van der Waals surface area contributed by atoms with Crippen LogP contribution in [0.15, 0.2) is 121 Å². The molecule has 2 heteroatoms. The molecule has 0 amide bonds. The van der Waals surface area contributed by atoms with Crippen molar-refractivity contribution in [1.29, 1.82) is 0 Å². The van der Waals surface area contributed by atoms with Gasteiger partial charge >= 0.3 is 0 Å². The minimum atomic E-state index is 1.00. The second kappa shape index (κ2) is 9.39. The van der Waals surface area contributed by atoms with Crippen LogP contribution in [-0.2, 0) is 0 Å². The molecule has 0 atom stereocenters. The summed E-state index contributed by atoms with van der Waals surface area (Å²) in [5.74, 6) is 0. The van der Waals surface area contributed by atoms with Crippen LogP contribution in [0.2, 0.25) is 0 Å². The van der Waals surface area contributed by atoms with E-state index in [1.54, 1.807) is 0 Å². The van der Waals surface area contributed by atoms with Crippen molar-refractivity contribution in [2.45, 2.75) is 12.8 Å². The molecule has 5 aromatic rings. The maximum Gasteiger partial charge on any atom is 0.0641 e. The van der Waals surface area contributed by atoms with Gasteiger partial charge in [0, 0.05) is 19.8 Å². The predicted octanol–water partition coefficient (Wildman–Crippen LogP) is 8.90. The Hall–Kier alpha value is -4.30. The molecule has 0 saturated carbocycles. The molecule has 0 fully saturated rings. The molecule has 176 valence electrons. The number of fused-ring (bicyclic) bond motifs is 2. The monoisotopic (exact) mass is 466 g/mol. The van der Waals surface area contributed by atoms with Crippen LogP contribution < -0.4 is 10.2 Å². The summed E-state index contributed by atoms with van der Waals surface area (Å²) in [5.41, 5.74) is 9.03. The third-order valence-corrected chi connectivity index (χ3v) is 7.41. The van der Waals surface area contributed by atoms with Gasteiger partial charge in [0.05, 0.1) is 11.4 Å². The largest absolute Gasteiger partial charge is 0.386 e. The lowest BCUT2D eigenvalue weighted by molar-refractivity contribution is 0.909. The van der Waals surface area contributed by atoms with Crippen molar-refractivity contribution in [2.75, 3.05) is 24.3 Å². The lowest BCUT2D eigenvalue weighted by atomic mass is 9.83. The Kier molecular flexibility index (Phi) is 5.79. The highest BCUT2D eigenvalue weighted by molar-refractivity contribution is 6.18. The smallest absolute Gasteiger partial charge is 0.0641 e. The molecular formula is C34H30N2. The van der Waals surface area contributed by atoms with E-state index in [0.29, 0.717) is 0 Å². The zero-order chi connectivity index (χ0) is 24.5. The van der Waals surface area contributed by atoms with Gasteiger partial charge in [-0.15, -0.1) is 0 Å². The maximum absolute atomic E-state index is 3.32. The first-order valence-electron chi connectivity index (χ1n) is 12.7. The molecular weight excluding hydrogens is 436 g/mol. The first-order valence-corrected chi connectivity index (χ1v) is 12.7. The second-order valence-corrected chi connectivity index (χ2v) is 9.38. The number of nitrogens with one attached hydrogen (secondary N) is 1. The lowest BCUT2D eigenvalue weighted by Crippen LogP contribution is -2.19. The average molecular weight is 467 g/mol. The highest BCUT2D eigenvalue weighted by Gasteiger charge is 2.20. The molecule has 5 aromatic carbocycles. The maximum atomic E-state index is 3.32. The first-order chi connectivity index (χ1) is 17.8. The van der Waals surface area contributed by atoms with Crippen molar-refractivity contribution in [3.05, 3.63) is 127 Å². The Bertz CT molecular complexity index is 1570. The quantitative estimate of drug-likeness (QED) is 0.260. The summed E-state index contributed by atoms with van der Waals surface area (Å²) in [6, 6.07) is 37.1. The zero-order valence-corrected chi connectivity index (χ0v) is 20.8. The van der Waals surface area contributed by atoms with Crippen LogP contribution in [0, 0.1) is 0 Å². The van der Waals surface area contributed by atoms with Gasteiger partial charge in [-0.1, -0.05) is 97.1 Å². The van der Waals surface area contributed by atoms with Gasteiger partial charge in [-0.05, 0) is 74.9 Å². The topological polar surface area (TPSA) is 15.3 Å². The van der Waals surface area contributed by atoms with E-state index in [1.807, 2.05) is 7.05 Å². The normalized spacial score (nSPS) is 13.4. The molecule has 2 nitrogen and oxygen atoms in total. The Morgan fingerprint density at radius 1 is 0.583 bits per heavy atom. The molecule has 36 heavy (non-hydrogen) atoms. The molecule has 0 bridgehead atoms. The fraction of sp³-hybridized carbons (Fsp3) is 0.118. The summed E-state index contributed by atoms with van der Waals surface area (Å²) in [7, 11) is 4.15. The van der Waals surface area contributed by atoms with Gasteiger partial charge in [0.1, 0.15) is 0 Å². The van der Waals surface area contributed by atoms with Gasteiger partial charge < -0.3 is 10.2 Å². The van der Waals surface area contributed by atoms with Crippen LogP contribution >= 0.6 is 0 Å². The predicted molar refractivity (Wildman–Crippen MR) is 157 cm³/mol. The summed E-state index contributed by atoms with van der Waals surface area (Å²) in [6.07, 6.45) is 6.66. The molecule has 0 aliphatic heterocycles. The Balaban J connectivity index is 1.52. The highest BCUT2D eigenvalue weighted by Crippen LogP contribution is 2.44. The molecule has 6 rings (SSSR count). The van der Waals surface area contributed by atoms with Crippen LogP contribution in [0.3, 0.4) is 0 Å². The number of rotatable bonds is 5. The molecule has 0 aromatic heterocycles. The summed E-state index contributed by atoms with van der Waals surface area (Å²) in [4.78, 5) is 2.31. The molecule has 1 N–H and O–H groups in total. The third kappa shape index (κ3) is 3.76. The number of nitrogens with zero attached hydrogens (tertiary/aromatic N) is 1. The van der Waals surface area contributed by atoms with E-state index in [1.165, 1.54) is 55.2 Å². The van der Waals surface area contributed by atoms with Crippen molar-refractivity contribution >= 4 is 38.5 Å². The van der Waals surface area contributed by atoms with Crippen molar-refractivity contribution in [2.24, 2.45) is 0 Å². The molecule has 0 heterocycles. The standard InChI is InChI=1S/C34H30N2/c1-35-31-18-10-11-19-32(31)36(2)26-22-20-25(21-23-26)34-29-16-8-6-14-27(29)33(24-12-4-3-5-13-24)28-15-7-9-17-30(28)34/h3-20,22,35H,21,23H2,1-2H3. The van der Waals surface area contributed by atoms with Crippen LogP contribution in [0.4, 0.5) is 11.4 Å². The van der Waals surface area contributed by atoms with Gasteiger partial charge in [-0.3, -0.25) is 0 Å². The number of hydrogen-bond donors (Lipinski definition) is 1. The minimum absolute atomic E-state index is 1.00. The zero-order valence-electron chi connectivity index (χ0n) is 20.8. The van der Waals surface area contributed by atoms with Gasteiger partial charge in [0.25, 0.3) is 0 Å². The molecule has 1 aliphatic rings. The number of para-hydroxylation sites is 2. The van der Waals surface area contributed by atoms with Crippen molar-refractivity contribution in [3.63, 3.8) is 0 Å². The van der Waals surface area contributed by atoms with E-state index in [0.717, 1.165) is 18.5 Å². The van der Waals surface area contributed by atoms with Crippen molar-refractivity contribution in [1.82, 2.24) is 0 Å². The SMILES string of the molecule is CNc1ccccc1N(C)C1=CC=C(c2c3ccccc3c(-c3ccccc3)c3ccccc23)CC1. The van der Waals surface area contributed by atoms with Gasteiger partial charge in [-0.2, -0.15) is 0 Å². The molecule has 1 aliphatic carbocycles. The molecule has 0 saturated heterocycles. The van der Waals surface area contributed by atoms with E-state index in [9.17, 15) is 0 Å². The van der Waals surface area contributed by atoms with E-state index in [2.05, 4.69) is 133 Å². The molecule has 0 radical (unpaired) electrons. The van der Waals surface area contributed by atoms with Crippen LogP contribution in [0.25, 0.3) is 38.2 Å². The first kappa shape index (κ1) is 22.2. The second-order valence-electron chi connectivity index (χ2n) is 9.38. The molecule has 0 unspecified atom stereocenters. The molecule has 0 spiro atoms. The van der Waals surface area contributed by atoms with Crippen LogP contribution in [0.1, 0.15) is 18.4 Å². The van der Waals surface area contributed by atoms with Gasteiger partial charge in [0.15, 0.2) is 0 Å². The number of allylic oxidation sites excluding steroid dienone is 4. The van der Waals surface area contributed by atoms with Crippen LogP contribution in [-0.4, -0.2) is 14.1 Å². The summed E-state index contributed by atoms with van der Waals surface area (Å²) < 4.78 is 0.